The molecule has 0 aliphatic rings. The van der Waals surface area contributed by atoms with E-state index in [-0.39, 0.29) is 6.61 Å². The molecule has 0 heterocycles. The van der Waals surface area contributed by atoms with Gasteiger partial charge in [-0.1, -0.05) is 72.0 Å². The van der Waals surface area contributed by atoms with Crippen molar-refractivity contribution in [3.63, 3.8) is 0 Å². The van der Waals surface area contributed by atoms with Crippen LogP contribution in [0.25, 0.3) is 0 Å². The molecule has 0 unspecified atom stereocenters. The molecule has 4 nitrogen and oxygen atoms in total. The fraction of sp³-hybridized carbons (Fsp3) is 0.789. The molecule has 4 heteroatoms. The summed E-state index contributed by atoms with van der Waals surface area (Å²) < 4.78 is 10.6. The SMILES string of the molecule is C=CCOC(=O)C(CCCCC)(CCCCC)C(=O)OCCC. The number of ether oxygens (including phenoxy) is 2. The highest BCUT2D eigenvalue weighted by molar-refractivity contribution is 6.00. The topological polar surface area (TPSA) is 52.6 Å². The highest BCUT2D eigenvalue weighted by Crippen LogP contribution is 2.35. The van der Waals surface area contributed by atoms with Crippen molar-refractivity contribution in [2.45, 2.75) is 78.6 Å². The van der Waals surface area contributed by atoms with Gasteiger partial charge in [-0.05, 0) is 19.3 Å². The summed E-state index contributed by atoms with van der Waals surface area (Å²) in [7, 11) is 0. The summed E-state index contributed by atoms with van der Waals surface area (Å²) in [4.78, 5) is 25.3. The van der Waals surface area contributed by atoms with Gasteiger partial charge in [0.25, 0.3) is 0 Å². The summed E-state index contributed by atoms with van der Waals surface area (Å²) in [5, 5.41) is 0. The van der Waals surface area contributed by atoms with Gasteiger partial charge in [-0.3, -0.25) is 9.59 Å². The molecule has 0 atom stereocenters. The van der Waals surface area contributed by atoms with Gasteiger partial charge >= 0.3 is 11.9 Å². The Bertz CT molecular complexity index is 339. The third-order valence-corrected chi connectivity index (χ3v) is 3.97. The van der Waals surface area contributed by atoms with Gasteiger partial charge in [0, 0.05) is 0 Å². The molecule has 0 aromatic heterocycles. The molecule has 0 aliphatic carbocycles. The van der Waals surface area contributed by atoms with E-state index in [0.717, 1.165) is 44.9 Å². The number of hydrogen-bond acceptors (Lipinski definition) is 4. The molecule has 0 rings (SSSR count). The first-order chi connectivity index (χ1) is 11.1. The Morgan fingerprint density at radius 3 is 1.83 bits per heavy atom. The lowest BCUT2D eigenvalue weighted by molar-refractivity contribution is -0.173. The zero-order valence-corrected chi connectivity index (χ0v) is 15.2. The smallest absolute Gasteiger partial charge is 0.323 e. The van der Waals surface area contributed by atoms with Crippen molar-refractivity contribution >= 4 is 11.9 Å². The van der Waals surface area contributed by atoms with Crippen molar-refractivity contribution in [1.82, 2.24) is 0 Å². The van der Waals surface area contributed by atoms with Gasteiger partial charge in [0.05, 0.1) is 6.61 Å². The molecule has 0 N–H and O–H groups in total. The van der Waals surface area contributed by atoms with E-state index in [9.17, 15) is 9.59 Å². The monoisotopic (exact) mass is 326 g/mol. The fourth-order valence-electron chi connectivity index (χ4n) is 2.58. The van der Waals surface area contributed by atoms with Gasteiger partial charge in [-0.2, -0.15) is 0 Å². The maximum atomic E-state index is 12.7. The molecule has 0 aromatic carbocycles. The quantitative estimate of drug-likeness (QED) is 0.199. The van der Waals surface area contributed by atoms with Crippen LogP contribution in [0.15, 0.2) is 12.7 Å². The summed E-state index contributed by atoms with van der Waals surface area (Å²) in [6.45, 7) is 10.2. The van der Waals surface area contributed by atoms with E-state index < -0.39 is 17.4 Å². The minimum Gasteiger partial charge on any atom is -0.465 e. The molecule has 0 radical (unpaired) electrons. The molecule has 0 aliphatic heterocycles. The van der Waals surface area contributed by atoms with Crippen LogP contribution in [-0.2, 0) is 19.1 Å². The molecular weight excluding hydrogens is 292 g/mol. The summed E-state index contributed by atoms with van der Waals surface area (Å²) in [5.74, 6) is -0.869. The van der Waals surface area contributed by atoms with E-state index in [1.165, 1.54) is 6.08 Å². The summed E-state index contributed by atoms with van der Waals surface area (Å²) in [6.07, 6.45) is 8.99. The number of unbranched alkanes of at least 4 members (excludes halogenated alkanes) is 4. The van der Waals surface area contributed by atoms with Crippen molar-refractivity contribution in [3.8, 4) is 0 Å². The minimum atomic E-state index is -1.15. The van der Waals surface area contributed by atoms with Gasteiger partial charge in [0.1, 0.15) is 6.61 Å². The van der Waals surface area contributed by atoms with Crippen LogP contribution >= 0.6 is 0 Å². The van der Waals surface area contributed by atoms with Crippen molar-refractivity contribution in [2.24, 2.45) is 5.41 Å². The Balaban J connectivity index is 5.25. The minimum absolute atomic E-state index is 0.128. The molecule has 0 fully saturated rings. The third-order valence-electron chi connectivity index (χ3n) is 3.97. The molecule has 23 heavy (non-hydrogen) atoms. The van der Waals surface area contributed by atoms with Crippen LogP contribution in [0.4, 0.5) is 0 Å². The van der Waals surface area contributed by atoms with Crippen molar-refractivity contribution in [3.05, 3.63) is 12.7 Å². The predicted molar refractivity (Wildman–Crippen MR) is 93.1 cm³/mol. The van der Waals surface area contributed by atoms with Crippen LogP contribution in [0, 0.1) is 5.41 Å². The van der Waals surface area contributed by atoms with Crippen molar-refractivity contribution < 1.29 is 19.1 Å². The fourth-order valence-corrected chi connectivity index (χ4v) is 2.58. The van der Waals surface area contributed by atoms with E-state index in [1.54, 1.807) is 0 Å². The maximum Gasteiger partial charge on any atom is 0.323 e. The van der Waals surface area contributed by atoms with Gasteiger partial charge in [-0.25, -0.2) is 0 Å². The molecule has 0 saturated carbocycles. The highest BCUT2D eigenvalue weighted by Gasteiger charge is 2.47. The molecule has 134 valence electrons. The van der Waals surface area contributed by atoms with Crippen LogP contribution in [0.1, 0.15) is 78.6 Å². The van der Waals surface area contributed by atoms with Crippen LogP contribution in [0.3, 0.4) is 0 Å². The zero-order valence-electron chi connectivity index (χ0n) is 15.2. The number of carbonyl (C=O) groups is 2. The lowest BCUT2D eigenvalue weighted by Gasteiger charge is -2.29. The first-order valence-corrected chi connectivity index (χ1v) is 9.04. The van der Waals surface area contributed by atoms with Crippen molar-refractivity contribution in [1.29, 1.82) is 0 Å². The second-order valence-corrected chi connectivity index (χ2v) is 6.02. The van der Waals surface area contributed by atoms with Gasteiger partial charge in [0.2, 0.25) is 0 Å². The van der Waals surface area contributed by atoms with Gasteiger partial charge in [-0.15, -0.1) is 0 Å². The third kappa shape index (κ3) is 7.67. The first-order valence-electron chi connectivity index (χ1n) is 9.04. The Morgan fingerprint density at radius 1 is 0.870 bits per heavy atom. The Morgan fingerprint density at radius 2 is 1.39 bits per heavy atom. The second-order valence-electron chi connectivity index (χ2n) is 6.02. The Kier molecular flexibility index (Phi) is 12.4. The van der Waals surface area contributed by atoms with E-state index in [1.807, 2.05) is 6.92 Å². The lowest BCUT2D eigenvalue weighted by atomic mass is 9.77. The Labute approximate surface area is 141 Å². The highest BCUT2D eigenvalue weighted by atomic mass is 16.6. The number of carbonyl (C=O) groups excluding carboxylic acids is 2. The molecule has 0 amide bonds. The summed E-state index contributed by atoms with van der Waals surface area (Å²) in [6, 6.07) is 0. The van der Waals surface area contributed by atoms with E-state index in [4.69, 9.17) is 9.47 Å². The summed E-state index contributed by atoms with van der Waals surface area (Å²) >= 11 is 0. The number of esters is 2. The predicted octanol–water partition coefficient (Wildman–Crippen LogP) is 4.82. The van der Waals surface area contributed by atoms with Crippen LogP contribution < -0.4 is 0 Å². The average molecular weight is 326 g/mol. The molecule has 0 spiro atoms. The second kappa shape index (κ2) is 13.1. The zero-order chi connectivity index (χ0) is 17.6. The van der Waals surface area contributed by atoms with Crippen molar-refractivity contribution in [2.75, 3.05) is 13.2 Å². The van der Waals surface area contributed by atoms with Gasteiger partial charge < -0.3 is 9.47 Å². The number of hydrogen-bond donors (Lipinski definition) is 0. The Hall–Kier alpha value is -1.32. The molecule has 0 bridgehead atoms. The van der Waals surface area contributed by atoms with Crippen LogP contribution in [0.5, 0.6) is 0 Å². The normalized spacial score (nSPS) is 11.1. The van der Waals surface area contributed by atoms with E-state index >= 15 is 0 Å². The average Bonchev–Trinajstić information content (AvgIpc) is 2.56. The van der Waals surface area contributed by atoms with E-state index in [2.05, 4.69) is 20.4 Å². The van der Waals surface area contributed by atoms with Gasteiger partial charge in [0.15, 0.2) is 5.41 Å². The maximum absolute atomic E-state index is 12.7. The lowest BCUT2D eigenvalue weighted by Crippen LogP contribution is -2.42. The molecule has 0 aromatic rings. The standard InChI is InChI=1S/C19H34O4/c1-5-9-11-13-19(14-12-10-6-2,17(20)22-15-7-3)18(21)23-16-8-4/h7H,3,5-6,8-16H2,1-2,4H3. The summed E-state index contributed by atoms with van der Waals surface area (Å²) in [5.41, 5.74) is -1.15. The van der Waals surface area contributed by atoms with Crippen LogP contribution in [0.2, 0.25) is 0 Å². The molecular formula is C19H34O4. The number of rotatable bonds is 14. The molecule has 0 saturated heterocycles. The van der Waals surface area contributed by atoms with E-state index in [0.29, 0.717) is 19.4 Å². The largest absolute Gasteiger partial charge is 0.465 e. The van der Waals surface area contributed by atoms with Crippen LogP contribution in [-0.4, -0.2) is 25.2 Å². The first kappa shape index (κ1) is 21.7.